The lowest BCUT2D eigenvalue weighted by Crippen LogP contribution is -2.16. The monoisotopic (exact) mass is 277 g/mol. The summed E-state index contributed by atoms with van der Waals surface area (Å²) in [6, 6.07) is 4.98. The second-order valence-electron chi connectivity index (χ2n) is 4.45. The molecule has 1 aliphatic heterocycles. The molecule has 0 bridgehead atoms. The van der Waals surface area contributed by atoms with Gasteiger partial charge in [0, 0.05) is 23.9 Å². The predicted molar refractivity (Wildman–Crippen MR) is 67.7 cm³/mol. The molecule has 0 N–H and O–H groups in total. The standard InChI is InChI=1S/C14H10F3N3/c15-14(16,17)11-3-1-9(2-4-11)12-13-10(5-6-19-12)7-18-8-20-13/h1-4,7-8H,5-6H2. The van der Waals surface area contributed by atoms with E-state index in [1.54, 1.807) is 6.20 Å². The Labute approximate surface area is 113 Å². The molecule has 1 aromatic carbocycles. The second kappa shape index (κ2) is 4.70. The van der Waals surface area contributed by atoms with Crippen molar-refractivity contribution in [2.45, 2.75) is 12.6 Å². The van der Waals surface area contributed by atoms with E-state index in [1.807, 2.05) is 0 Å². The van der Waals surface area contributed by atoms with Gasteiger partial charge in [-0.1, -0.05) is 12.1 Å². The van der Waals surface area contributed by atoms with Crippen LogP contribution in [0.25, 0.3) is 0 Å². The number of fused-ring (bicyclic) bond motifs is 1. The molecule has 2 heterocycles. The summed E-state index contributed by atoms with van der Waals surface area (Å²) in [7, 11) is 0. The summed E-state index contributed by atoms with van der Waals surface area (Å²) in [5.41, 5.74) is 2.27. The third-order valence-corrected chi connectivity index (χ3v) is 3.15. The maximum absolute atomic E-state index is 12.5. The summed E-state index contributed by atoms with van der Waals surface area (Å²) >= 11 is 0. The Morgan fingerprint density at radius 1 is 1.05 bits per heavy atom. The number of aromatic nitrogens is 2. The fraction of sp³-hybridized carbons (Fsp3) is 0.214. The first-order valence-corrected chi connectivity index (χ1v) is 6.07. The first-order valence-electron chi connectivity index (χ1n) is 6.07. The predicted octanol–water partition coefficient (Wildman–Crippen LogP) is 2.89. The van der Waals surface area contributed by atoms with E-state index in [0.717, 1.165) is 24.1 Å². The molecule has 0 fully saturated rings. The average molecular weight is 277 g/mol. The van der Waals surface area contributed by atoms with E-state index in [4.69, 9.17) is 0 Å². The van der Waals surface area contributed by atoms with E-state index in [0.29, 0.717) is 23.5 Å². The largest absolute Gasteiger partial charge is 0.416 e. The molecule has 6 heteroatoms. The van der Waals surface area contributed by atoms with Crippen LogP contribution in [0, 0.1) is 0 Å². The van der Waals surface area contributed by atoms with Gasteiger partial charge in [0.05, 0.1) is 17.0 Å². The van der Waals surface area contributed by atoms with Gasteiger partial charge in [-0.3, -0.25) is 4.99 Å². The van der Waals surface area contributed by atoms with Gasteiger partial charge in [-0.15, -0.1) is 0 Å². The molecule has 1 aromatic heterocycles. The Bertz CT molecular complexity index is 660. The van der Waals surface area contributed by atoms with E-state index in [2.05, 4.69) is 15.0 Å². The molecule has 0 spiro atoms. The Balaban J connectivity index is 2.00. The van der Waals surface area contributed by atoms with Gasteiger partial charge in [0.2, 0.25) is 0 Å². The fourth-order valence-electron chi connectivity index (χ4n) is 2.16. The van der Waals surface area contributed by atoms with E-state index in [1.165, 1.54) is 18.5 Å². The van der Waals surface area contributed by atoms with Crippen LogP contribution in [-0.4, -0.2) is 22.2 Å². The summed E-state index contributed by atoms with van der Waals surface area (Å²) in [6.45, 7) is 0.594. The minimum absolute atomic E-state index is 0.594. The lowest BCUT2D eigenvalue weighted by Gasteiger charge is -2.15. The number of rotatable bonds is 1. The van der Waals surface area contributed by atoms with Gasteiger partial charge < -0.3 is 0 Å². The van der Waals surface area contributed by atoms with Crippen molar-refractivity contribution in [1.29, 1.82) is 0 Å². The van der Waals surface area contributed by atoms with Gasteiger partial charge in [-0.2, -0.15) is 13.2 Å². The van der Waals surface area contributed by atoms with Crippen molar-refractivity contribution in [3.63, 3.8) is 0 Å². The molecule has 102 valence electrons. The summed E-state index contributed by atoms with van der Waals surface area (Å²) in [5, 5.41) is 0. The first kappa shape index (κ1) is 12.8. The maximum Gasteiger partial charge on any atom is 0.416 e. The zero-order chi connectivity index (χ0) is 14.2. The highest BCUT2D eigenvalue weighted by atomic mass is 19.4. The first-order chi connectivity index (χ1) is 9.55. The number of hydrogen-bond donors (Lipinski definition) is 0. The van der Waals surface area contributed by atoms with Crippen molar-refractivity contribution < 1.29 is 13.2 Å². The molecule has 1 aliphatic rings. The van der Waals surface area contributed by atoms with Crippen molar-refractivity contribution in [3.8, 4) is 0 Å². The zero-order valence-corrected chi connectivity index (χ0v) is 10.4. The molecule has 0 radical (unpaired) electrons. The van der Waals surface area contributed by atoms with Crippen molar-refractivity contribution in [3.05, 3.63) is 59.2 Å². The van der Waals surface area contributed by atoms with E-state index in [9.17, 15) is 13.2 Å². The van der Waals surface area contributed by atoms with Crippen LogP contribution in [0.2, 0.25) is 0 Å². The molecule has 0 saturated heterocycles. The van der Waals surface area contributed by atoms with E-state index in [-0.39, 0.29) is 0 Å². The molecule has 0 unspecified atom stereocenters. The molecule has 2 aromatic rings. The van der Waals surface area contributed by atoms with E-state index >= 15 is 0 Å². The van der Waals surface area contributed by atoms with Crippen molar-refractivity contribution in [2.24, 2.45) is 4.99 Å². The Morgan fingerprint density at radius 3 is 2.50 bits per heavy atom. The molecule has 20 heavy (non-hydrogen) atoms. The van der Waals surface area contributed by atoms with Crippen molar-refractivity contribution >= 4 is 5.71 Å². The van der Waals surface area contributed by atoms with Gasteiger partial charge in [-0.25, -0.2) is 9.97 Å². The molecule has 0 atom stereocenters. The summed E-state index contributed by atoms with van der Waals surface area (Å²) < 4.78 is 37.6. The lowest BCUT2D eigenvalue weighted by molar-refractivity contribution is -0.137. The molecule has 0 saturated carbocycles. The maximum atomic E-state index is 12.5. The molecule has 0 aliphatic carbocycles. The topological polar surface area (TPSA) is 38.1 Å². The highest BCUT2D eigenvalue weighted by Crippen LogP contribution is 2.29. The van der Waals surface area contributed by atoms with Gasteiger partial charge >= 0.3 is 6.18 Å². The third-order valence-electron chi connectivity index (χ3n) is 3.15. The zero-order valence-electron chi connectivity index (χ0n) is 10.4. The Hall–Kier alpha value is -2.24. The second-order valence-corrected chi connectivity index (χ2v) is 4.45. The van der Waals surface area contributed by atoms with Crippen molar-refractivity contribution in [1.82, 2.24) is 9.97 Å². The molecule has 0 amide bonds. The van der Waals surface area contributed by atoms with Crippen LogP contribution in [0.3, 0.4) is 0 Å². The molecule has 3 nitrogen and oxygen atoms in total. The number of benzene rings is 1. The average Bonchev–Trinajstić information content (AvgIpc) is 2.46. The van der Waals surface area contributed by atoms with Gasteiger partial charge in [0.1, 0.15) is 6.33 Å². The van der Waals surface area contributed by atoms with Crippen LogP contribution in [0.1, 0.15) is 22.4 Å². The summed E-state index contributed by atoms with van der Waals surface area (Å²) in [6.07, 6.45) is -0.432. The highest BCUT2D eigenvalue weighted by molar-refractivity contribution is 6.12. The van der Waals surface area contributed by atoms with Gasteiger partial charge in [0.15, 0.2) is 0 Å². The highest BCUT2D eigenvalue weighted by Gasteiger charge is 2.30. The molecular weight excluding hydrogens is 267 g/mol. The van der Waals surface area contributed by atoms with Crippen LogP contribution in [0.5, 0.6) is 0 Å². The van der Waals surface area contributed by atoms with Crippen molar-refractivity contribution in [2.75, 3.05) is 6.54 Å². The molecular formula is C14H10F3N3. The third kappa shape index (κ3) is 2.29. The van der Waals surface area contributed by atoms with Gasteiger partial charge in [-0.05, 0) is 18.6 Å². The quantitative estimate of drug-likeness (QED) is 0.804. The lowest BCUT2D eigenvalue weighted by atomic mass is 9.98. The van der Waals surface area contributed by atoms with E-state index < -0.39 is 11.7 Å². The fourth-order valence-corrected chi connectivity index (χ4v) is 2.16. The SMILES string of the molecule is FC(F)(F)c1ccc(C2=NCCc3cncnc32)cc1. The number of nitrogens with zero attached hydrogens (tertiary/aromatic N) is 3. The molecule has 3 rings (SSSR count). The number of halogens is 3. The number of alkyl halides is 3. The van der Waals surface area contributed by atoms with Crippen LogP contribution >= 0.6 is 0 Å². The minimum Gasteiger partial charge on any atom is -0.282 e. The Kier molecular flexibility index (Phi) is 3.00. The Morgan fingerprint density at radius 2 is 1.80 bits per heavy atom. The smallest absolute Gasteiger partial charge is 0.282 e. The van der Waals surface area contributed by atoms with Crippen LogP contribution in [0.15, 0.2) is 41.8 Å². The summed E-state index contributed by atoms with van der Waals surface area (Å²) in [5.74, 6) is 0. The number of aliphatic imine (C=N–C) groups is 1. The number of hydrogen-bond acceptors (Lipinski definition) is 3. The van der Waals surface area contributed by atoms with Gasteiger partial charge in [0.25, 0.3) is 0 Å². The van der Waals surface area contributed by atoms with Crippen LogP contribution < -0.4 is 0 Å². The summed E-state index contributed by atoms with van der Waals surface area (Å²) in [4.78, 5) is 12.5. The van der Waals surface area contributed by atoms with Crippen LogP contribution in [0.4, 0.5) is 13.2 Å². The van der Waals surface area contributed by atoms with Crippen LogP contribution in [-0.2, 0) is 12.6 Å². The normalized spacial score (nSPS) is 14.7. The minimum atomic E-state index is -4.33.